The van der Waals surface area contributed by atoms with Crippen LogP contribution in [0.4, 0.5) is 13.6 Å². The van der Waals surface area contributed by atoms with E-state index in [0.29, 0.717) is 0 Å². The summed E-state index contributed by atoms with van der Waals surface area (Å²) in [5.74, 6) is -2.10. The number of imide groups is 1. The standard InChI is InChI=1S/C18H13F2NO3/c19-14-8-12(9-15(20)10-14)6-7-17(22)21-11-16(24-18(21)23)13-4-2-1-3-5-13/h1-10,16H,11H2/t16-/m1/s1. The fraction of sp³-hybridized carbons (Fsp3) is 0.111. The van der Waals surface area contributed by atoms with Crippen molar-refractivity contribution >= 4 is 18.1 Å². The average Bonchev–Trinajstić information content (AvgIpc) is 2.94. The zero-order valence-electron chi connectivity index (χ0n) is 12.5. The average molecular weight is 329 g/mol. The smallest absolute Gasteiger partial charge is 0.417 e. The van der Waals surface area contributed by atoms with Crippen LogP contribution in [-0.2, 0) is 9.53 Å². The van der Waals surface area contributed by atoms with E-state index in [0.717, 1.165) is 34.7 Å². The molecule has 4 nitrogen and oxygen atoms in total. The lowest BCUT2D eigenvalue weighted by Gasteiger charge is -2.08. The van der Waals surface area contributed by atoms with Crippen LogP contribution in [0.3, 0.4) is 0 Å². The Morgan fingerprint density at radius 3 is 2.46 bits per heavy atom. The summed E-state index contributed by atoms with van der Waals surface area (Å²) < 4.78 is 31.4. The molecule has 0 aliphatic carbocycles. The van der Waals surface area contributed by atoms with E-state index in [1.54, 1.807) is 12.1 Å². The first-order valence-corrected chi connectivity index (χ1v) is 7.24. The quantitative estimate of drug-likeness (QED) is 0.807. The number of nitrogens with zero attached hydrogens (tertiary/aromatic N) is 1. The van der Waals surface area contributed by atoms with E-state index in [1.807, 2.05) is 18.2 Å². The summed E-state index contributed by atoms with van der Waals surface area (Å²) in [5.41, 5.74) is 0.977. The van der Waals surface area contributed by atoms with Crippen LogP contribution in [0.5, 0.6) is 0 Å². The maximum absolute atomic E-state index is 13.1. The highest BCUT2D eigenvalue weighted by molar-refractivity contribution is 6.01. The molecule has 0 aromatic heterocycles. The molecule has 1 aliphatic heterocycles. The van der Waals surface area contributed by atoms with Gasteiger partial charge in [0, 0.05) is 12.1 Å². The predicted molar refractivity (Wildman–Crippen MR) is 82.8 cm³/mol. The third-order valence-electron chi connectivity index (χ3n) is 3.55. The molecule has 3 rings (SSSR count). The van der Waals surface area contributed by atoms with Gasteiger partial charge in [-0.3, -0.25) is 4.79 Å². The molecule has 0 spiro atoms. The Morgan fingerprint density at radius 1 is 1.12 bits per heavy atom. The highest BCUT2D eigenvalue weighted by atomic mass is 19.1. The number of carbonyl (C=O) groups excluding carboxylic acids is 2. The second-order valence-corrected chi connectivity index (χ2v) is 5.27. The van der Waals surface area contributed by atoms with Gasteiger partial charge in [0.05, 0.1) is 6.54 Å². The predicted octanol–water partition coefficient (Wildman–Crippen LogP) is 3.70. The first-order chi connectivity index (χ1) is 11.5. The van der Waals surface area contributed by atoms with Gasteiger partial charge in [-0.05, 0) is 29.3 Å². The van der Waals surface area contributed by atoms with Crippen molar-refractivity contribution in [1.82, 2.24) is 4.90 Å². The molecule has 2 aromatic rings. The number of halogens is 2. The topological polar surface area (TPSA) is 46.6 Å². The summed E-state index contributed by atoms with van der Waals surface area (Å²) in [6.45, 7) is 0.0868. The summed E-state index contributed by atoms with van der Waals surface area (Å²) in [6, 6.07) is 12.0. The van der Waals surface area contributed by atoms with Crippen molar-refractivity contribution in [3.8, 4) is 0 Å². The van der Waals surface area contributed by atoms with Gasteiger partial charge < -0.3 is 4.74 Å². The van der Waals surface area contributed by atoms with Gasteiger partial charge in [-0.1, -0.05) is 30.3 Å². The maximum Gasteiger partial charge on any atom is 0.417 e. The van der Waals surface area contributed by atoms with Crippen LogP contribution in [0.15, 0.2) is 54.6 Å². The summed E-state index contributed by atoms with van der Waals surface area (Å²) in [6.07, 6.45) is 1.06. The highest BCUT2D eigenvalue weighted by Crippen LogP contribution is 2.26. The van der Waals surface area contributed by atoms with E-state index in [1.165, 1.54) is 6.08 Å². The van der Waals surface area contributed by atoms with Crippen molar-refractivity contribution in [2.45, 2.75) is 6.10 Å². The van der Waals surface area contributed by atoms with E-state index in [9.17, 15) is 18.4 Å². The first kappa shape index (κ1) is 15.9. The summed E-state index contributed by atoms with van der Waals surface area (Å²) in [5, 5.41) is 0. The molecule has 1 heterocycles. The monoisotopic (exact) mass is 329 g/mol. The molecule has 0 N–H and O–H groups in total. The van der Waals surface area contributed by atoms with Gasteiger partial charge in [0.2, 0.25) is 0 Å². The third kappa shape index (κ3) is 3.48. The van der Waals surface area contributed by atoms with Crippen LogP contribution in [0, 0.1) is 11.6 Å². The highest BCUT2D eigenvalue weighted by Gasteiger charge is 2.35. The summed E-state index contributed by atoms with van der Waals surface area (Å²) in [7, 11) is 0. The molecule has 122 valence electrons. The first-order valence-electron chi connectivity index (χ1n) is 7.24. The van der Waals surface area contributed by atoms with Crippen molar-refractivity contribution in [1.29, 1.82) is 0 Å². The van der Waals surface area contributed by atoms with Crippen LogP contribution in [0.1, 0.15) is 17.2 Å². The zero-order chi connectivity index (χ0) is 17.1. The van der Waals surface area contributed by atoms with E-state index in [2.05, 4.69) is 0 Å². The van der Waals surface area contributed by atoms with E-state index < -0.39 is 29.7 Å². The van der Waals surface area contributed by atoms with Crippen LogP contribution in [0.2, 0.25) is 0 Å². The summed E-state index contributed by atoms with van der Waals surface area (Å²) in [4.78, 5) is 24.9. The Labute approximate surface area is 137 Å². The number of hydrogen-bond acceptors (Lipinski definition) is 3. The Balaban J connectivity index is 1.71. The molecule has 0 bridgehead atoms. The minimum Gasteiger partial charge on any atom is -0.439 e. The Kier molecular flexibility index (Phi) is 4.37. The van der Waals surface area contributed by atoms with Crippen molar-refractivity contribution < 1.29 is 23.1 Å². The molecule has 1 atom stereocenters. The molecule has 0 unspecified atom stereocenters. The number of amides is 2. The number of rotatable bonds is 3. The third-order valence-corrected chi connectivity index (χ3v) is 3.55. The molecular weight excluding hydrogens is 316 g/mol. The maximum atomic E-state index is 13.1. The van der Waals surface area contributed by atoms with Gasteiger partial charge in [0.1, 0.15) is 17.7 Å². The number of cyclic esters (lactones) is 1. The van der Waals surface area contributed by atoms with Crippen LogP contribution in [0.25, 0.3) is 6.08 Å². The van der Waals surface area contributed by atoms with E-state index >= 15 is 0 Å². The Morgan fingerprint density at radius 2 is 1.79 bits per heavy atom. The van der Waals surface area contributed by atoms with E-state index in [4.69, 9.17) is 4.74 Å². The number of carbonyl (C=O) groups is 2. The van der Waals surface area contributed by atoms with Crippen LogP contribution < -0.4 is 0 Å². The lowest BCUT2D eigenvalue weighted by molar-refractivity contribution is -0.122. The zero-order valence-corrected chi connectivity index (χ0v) is 12.5. The largest absolute Gasteiger partial charge is 0.439 e. The van der Waals surface area contributed by atoms with Gasteiger partial charge in [-0.2, -0.15) is 0 Å². The van der Waals surface area contributed by atoms with Gasteiger partial charge in [-0.15, -0.1) is 0 Å². The van der Waals surface area contributed by atoms with Crippen molar-refractivity contribution in [3.05, 3.63) is 77.4 Å². The van der Waals surface area contributed by atoms with Crippen molar-refractivity contribution in [2.24, 2.45) is 0 Å². The number of hydrogen-bond donors (Lipinski definition) is 0. The summed E-state index contributed by atoms with van der Waals surface area (Å²) >= 11 is 0. The molecule has 1 fully saturated rings. The molecule has 6 heteroatoms. The fourth-order valence-corrected chi connectivity index (χ4v) is 2.41. The minimum absolute atomic E-state index is 0.0868. The number of benzene rings is 2. The molecular formula is C18H13F2NO3. The molecule has 2 amide bonds. The van der Waals surface area contributed by atoms with Gasteiger partial charge in [0.25, 0.3) is 5.91 Å². The second kappa shape index (κ2) is 6.62. The molecule has 0 saturated carbocycles. The van der Waals surface area contributed by atoms with Crippen LogP contribution in [-0.4, -0.2) is 23.4 Å². The van der Waals surface area contributed by atoms with Gasteiger partial charge in [-0.25, -0.2) is 18.5 Å². The number of ether oxygens (including phenoxy) is 1. The second-order valence-electron chi connectivity index (χ2n) is 5.27. The van der Waals surface area contributed by atoms with Gasteiger partial charge >= 0.3 is 6.09 Å². The Bertz CT molecular complexity index is 785. The van der Waals surface area contributed by atoms with Crippen molar-refractivity contribution in [3.63, 3.8) is 0 Å². The van der Waals surface area contributed by atoms with E-state index in [-0.39, 0.29) is 12.1 Å². The van der Waals surface area contributed by atoms with Crippen LogP contribution >= 0.6 is 0 Å². The lowest BCUT2D eigenvalue weighted by atomic mass is 10.1. The lowest BCUT2D eigenvalue weighted by Crippen LogP contribution is -2.30. The molecule has 0 radical (unpaired) electrons. The normalized spacial score (nSPS) is 17.3. The SMILES string of the molecule is O=C(C=Cc1cc(F)cc(F)c1)N1C[C@H](c2ccccc2)OC1=O. The molecule has 1 aliphatic rings. The molecule has 24 heavy (non-hydrogen) atoms. The fourth-order valence-electron chi connectivity index (χ4n) is 2.41. The van der Waals surface area contributed by atoms with Crippen molar-refractivity contribution in [2.75, 3.05) is 6.54 Å². The molecule has 1 saturated heterocycles. The van der Waals surface area contributed by atoms with Gasteiger partial charge in [0.15, 0.2) is 0 Å². The minimum atomic E-state index is -0.746. The Hall–Kier alpha value is -3.02. The molecule has 2 aromatic carbocycles.